The quantitative estimate of drug-likeness (QED) is 0.321. The zero-order chi connectivity index (χ0) is 24.3. The van der Waals surface area contributed by atoms with Crippen LogP contribution in [-0.4, -0.2) is 29.5 Å². The van der Waals surface area contributed by atoms with Crippen LogP contribution in [0.15, 0.2) is 83.8 Å². The SMILES string of the molecule is CCOc1ccc(NC(=O)C(Sc2ccc(NC(=O)CCC(=O)O)cc2)c2ccccc2)cc1. The molecule has 0 aromatic heterocycles. The van der Waals surface area contributed by atoms with Crippen molar-refractivity contribution in [2.45, 2.75) is 29.9 Å². The van der Waals surface area contributed by atoms with Crippen LogP contribution in [0.5, 0.6) is 5.75 Å². The van der Waals surface area contributed by atoms with E-state index in [-0.39, 0.29) is 24.7 Å². The standard InChI is InChI=1S/C26H26N2O5S/c1-2-33-21-12-8-20(9-13-21)28-26(32)25(18-6-4-3-5-7-18)34-22-14-10-19(11-15-22)27-23(29)16-17-24(30)31/h3-15,25H,2,16-17H2,1H3,(H,27,29)(H,28,32)(H,30,31). The summed E-state index contributed by atoms with van der Waals surface area (Å²) in [6, 6.07) is 23.8. The van der Waals surface area contributed by atoms with E-state index < -0.39 is 11.2 Å². The first-order chi connectivity index (χ1) is 16.4. The maximum Gasteiger partial charge on any atom is 0.303 e. The molecule has 0 fully saturated rings. The summed E-state index contributed by atoms with van der Waals surface area (Å²) in [5, 5.41) is 13.8. The normalized spacial score (nSPS) is 11.3. The molecular weight excluding hydrogens is 452 g/mol. The summed E-state index contributed by atoms with van der Waals surface area (Å²) in [6.45, 7) is 2.49. The number of rotatable bonds is 11. The Hall–Kier alpha value is -3.78. The molecule has 3 aromatic rings. The summed E-state index contributed by atoms with van der Waals surface area (Å²) < 4.78 is 5.45. The van der Waals surface area contributed by atoms with Gasteiger partial charge in [0.1, 0.15) is 11.0 Å². The van der Waals surface area contributed by atoms with E-state index in [1.54, 1.807) is 24.3 Å². The summed E-state index contributed by atoms with van der Waals surface area (Å²) in [6.07, 6.45) is -0.310. The maximum atomic E-state index is 13.2. The number of carbonyl (C=O) groups is 3. The molecule has 0 aliphatic rings. The lowest BCUT2D eigenvalue weighted by Crippen LogP contribution is -2.19. The molecule has 0 saturated heterocycles. The Morgan fingerprint density at radius 2 is 1.47 bits per heavy atom. The molecule has 3 aromatic carbocycles. The van der Waals surface area contributed by atoms with E-state index in [0.29, 0.717) is 18.0 Å². The van der Waals surface area contributed by atoms with Gasteiger partial charge in [0.05, 0.1) is 13.0 Å². The van der Waals surface area contributed by atoms with Crippen molar-refractivity contribution in [2.75, 3.05) is 17.2 Å². The van der Waals surface area contributed by atoms with Gasteiger partial charge in [-0.1, -0.05) is 30.3 Å². The Kier molecular flexibility index (Phi) is 9.11. The van der Waals surface area contributed by atoms with Crippen LogP contribution in [0.25, 0.3) is 0 Å². The number of ether oxygens (including phenoxy) is 1. The second-order valence-electron chi connectivity index (χ2n) is 7.32. The van der Waals surface area contributed by atoms with Crippen LogP contribution < -0.4 is 15.4 Å². The second-order valence-corrected chi connectivity index (χ2v) is 8.50. The van der Waals surface area contributed by atoms with Crippen LogP contribution in [0.3, 0.4) is 0 Å². The molecule has 2 amide bonds. The molecule has 3 N–H and O–H groups in total. The highest BCUT2D eigenvalue weighted by Crippen LogP contribution is 2.36. The number of carbonyl (C=O) groups excluding carboxylic acids is 2. The summed E-state index contributed by atoms with van der Waals surface area (Å²) in [5.41, 5.74) is 2.10. The first kappa shape index (κ1) is 24.9. The highest BCUT2D eigenvalue weighted by Gasteiger charge is 2.22. The van der Waals surface area contributed by atoms with Crippen molar-refractivity contribution < 1.29 is 24.2 Å². The lowest BCUT2D eigenvalue weighted by molar-refractivity contribution is -0.138. The number of carboxylic acids is 1. The number of carboxylic acid groups (broad SMARTS) is 1. The van der Waals surface area contributed by atoms with Crippen LogP contribution in [0, 0.1) is 0 Å². The molecule has 34 heavy (non-hydrogen) atoms. The first-order valence-corrected chi connectivity index (χ1v) is 11.7. The number of benzene rings is 3. The van der Waals surface area contributed by atoms with Gasteiger partial charge < -0.3 is 20.5 Å². The fourth-order valence-electron chi connectivity index (χ4n) is 3.11. The van der Waals surface area contributed by atoms with Crippen LogP contribution in [0.4, 0.5) is 11.4 Å². The number of hydrogen-bond acceptors (Lipinski definition) is 5. The Bertz CT molecular complexity index is 1100. The number of amides is 2. The molecule has 7 nitrogen and oxygen atoms in total. The van der Waals surface area contributed by atoms with Gasteiger partial charge in [0, 0.05) is 22.7 Å². The lowest BCUT2D eigenvalue weighted by Gasteiger charge is -2.17. The number of hydrogen-bond donors (Lipinski definition) is 3. The van der Waals surface area contributed by atoms with Gasteiger partial charge in [0.25, 0.3) is 0 Å². The minimum atomic E-state index is -1.02. The molecule has 8 heteroatoms. The third-order valence-corrected chi connectivity index (χ3v) is 6.00. The molecular formula is C26H26N2O5S. The number of thioether (sulfide) groups is 1. The fourth-order valence-corrected chi connectivity index (χ4v) is 4.13. The van der Waals surface area contributed by atoms with Crippen molar-refractivity contribution >= 4 is 40.9 Å². The van der Waals surface area contributed by atoms with Crippen molar-refractivity contribution in [3.05, 3.63) is 84.4 Å². The van der Waals surface area contributed by atoms with E-state index in [1.807, 2.05) is 61.5 Å². The Labute approximate surface area is 202 Å². The maximum absolute atomic E-state index is 13.2. The average molecular weight is 479 g/mol. The Morgan fingerprint density at radius 3 is 2.09 bits per heavy atom. The van der Waals surface area contributed by atoms with Gasteiger partial charge in [-0.15, -0.1) is 11.8 Å². The first-order valence-electron chi connectivity index (χ1n) is 10.8. The van der Waals surface area contributed by atoms with Crippen molar-refractivity contribution in [3.8, 4) is 5.75 Å². The van der Waals surface area contributed by atoms with Crippen molar-refractivity contribution in [2.24, 2.45) is 0 Å². The average Bonchev–Trinajstić information content (AvgIpc) is 2.84. The summed E-state index contributed by atoms with van der Waals surface area (Å²) in [5.74, 6) is -0.798. The van der Waals surface area contributed by atoms with E-state index in [9.17, 15) is 14.4 Å². The van der Waals surface area contributed by atoms with Gasteiger partial charge in [-0.2, -0.15) is 0 Å². The van der Waals surface area contributed by atoms with Gasteiger partial charge in [-0.25, -0.2) is 0 Å². The van der Waals surface area contributed by atoms with Crippen LogP contribution >= 0.6 is 11.8 Å². The van der Waals surface area contributed by atoms with E-state index in [1.165, 1.54) is 11.8 Å². The van der Waals surface area contributed by atoms with Crippen molar-refractivity contribution in [1.29, 1.82) is 0 Å². The van der Waals surface area contributed by atoms with E-state index in [4.69, 9.17) is 9.84 Å². The topological polar surface area (TPSA) is 105 Å². The van der Waals surface area contributed by atoms with E-state index in [0.717, 1.165) is 16.2 Å². The molecule has 1 unspecified atom stereocenters. The highest BCUT2D eigenvalue weighted by atomic mass is 32.2. The van der Waals surface area contributed by atoms with Crippen LogP contribution in [0.1, 0.15) is 30.6 Å². The molecule has 3 rings (SSSR count). The van der Waals surface area contributed by atoms with Gasteiger partial charge >= 0.3 is 5.97 Å². The Balaban J connectivity index is 1.69. The Morgan fingerprint density at radius 1 is 0.853 bits per heavy atom. The molecule has 0 bridgehead atoms. The molecule has 0 radical (unpaired) electrons. The third-order valence-electron chi connectivity index (χ3n) is 4.73. The van der Waals surface area contributed by atoms with Crippen LogP contribution in [0.2, 0.25) is 0 Å². The molecule has 0 spiro atoms. The minimum Gasteiger partial charge on any atom is -0.494 e. The largest absolute Gasteiger partial charge is 0.494 e. The fraction of sp³-hybridized carbons (Fsp3) is 0.192. The number of nitrogens with one attached hydrogen (secondary N) is 2. The molecule has 0 heterocycles. The zero-order valence-corrected chi connectivity index (χ0v) is 19.5. The predicted octanol–water partition coefficient (Wildman–Crippen LogP) is 5.36. The van der Waals surface area contributed by atoms with E-state index >= 15 is 0 Å². The van der Waals surface area contributed by atoms with Crippen LogP contribution in [-0.2, 0) is 14.4 Å². The number of anilines is 2. The van der Waals surface area contributed by atoms with Gasteiger partial charge in [0.15, 0.2) is 0 Å². The van der Waals surface area contributed by atoms with E-state index in [2.05, 4.69) is 10.6 Å². The second kappa shape index (κ2) is 12.5. The summed E-state index contributed by atoms with van der Waals surface area (Å²) in [7, 11) is 0. The monoisotopic (exact) mass is 478 g/mol. The minimum absolute atomic E-state index is 0.0896. The molecule has 176 valence electrons. The van der Waals surface area contributed by atoms with Crippen molar-refractivity contribution in [1.82, 2.24) is 0 Å². The predicted molar refractivity (Wildman–Crippen MR) is 133 cm³/mol. The molecule has 0 aliphatic heterocycles. The van der Waals surface area contributed by atoms with Crippen molar-refractivity contribution in [3.63, 3.8) is 0 Å². The number of aliphatic carboxylic acids is 1. The molecule has 0 saturated carbocycles. The summed E-state index contributed by atoms with van der Waals surface area (Å²) in [4.78, 5) is 36.5. The van der Waals surface area contributed by atoms with Gasteiger partial charge in [-0.05, 0) is 61.0 Å². The molecule has 0 aliphatic carbocycles. The smallest absolute Gasteiger partial charge is 0.303 e. The summed E-state index contributed by atoms with van der Waals surface area (Å²) >= 11 is 1.40. The third kappa shape index (κ3) is 7.67. The lowest BCUT2D eigenvalue weighted by atomic mass is 10.1. The molecule has 1 atom stereocenters. The highest BCUT2D eigenvalue weighted by molar-refractivity contribution is 8.00. The zero-order valence-electron chi connectivity index (χ0n) is 18.7. The van der Waals surface area contributed by atoms with Gasteiger partial charge in [-0.3, -0.25) is 14.4 Å². The van der Waals surface area contributed by atoms with Gasteiger partial charge in [0.2, 0.25) is 11.8 Å².